The first-order valence-electron chi connectivity index (χ1n) is 7.37. The molecule has 2 aromatic rings. The molecule has 0 bridgehead atoms. The number of fused-ring (bicyclic) bond motifs is 2. The number of carbonyl (C=O) groups excluding carboxylic acids is 1. The molecule has 108 valence electrons. The van der Waals surface area contributed by atoms with Crippen molar-refractivity contribution in [3.8, 4) is 0 Å². The van der Waals surface area contributed by atoms with E-state index < -0.39 is 5.91 Å². The number of hydrogen-bond donors (Lipinski definition) is 2. The third-order valence-electron chi connectivity index (χ3n) is 4.66. The summed E-state index contributed by atoms with van der Waals surface area (Å²) in [5.74, 6) is 1.65. The fourth-order valence-electron chi connectivity index (χ4n) is 3.56. The van der Waals surface area contributed by atoms with Crippen LogP contribution < -0.4 is 16.0 Å². The van der Waals surface area contributed by atoms with Gasteiger partial charge in [-0.05, 0) is 24.0 Å². The summed E-state index contributed by atoms with van der Waals surface area (Å²) in [5, 5.41) is 4.38. The van der Waals surface area contributed by atoms with Gasteiger partial charge in [0.15, 0.2) is 0 Å². The molecule has 1 amide bonds. The molecule has 2 saturated heterocycles. The molecule has 0 spiro atoms. The maximum atomic E-state index is 11.8. The molecule has 3 N–H and O–H groups in total. The summed E-state index contributed by atoms with van der Waals surface area (Å²) >= 11 is 0. The molecular weight excluding hydrogens is 264 g/mol. The monoisotopic (exact) mass is 282 g/mol. The van der Waals surface area contributed by atoms with E-state index in [0.29, 0.717) is 17.4 Å². The Kier molecular flexibility index (Phi) is 2.82. The fourth-order valence-corrected chi connectivity index (χ4v) is 3.56. The number of nitrogens with one attached hydrogen (secondary N) is 1. The Hall–Kier alpha value is -2.14. The van der Waals surface area contributed by atoms with Crippen molar-refractivity contribution in [2.24, 2.45) is 17.6 Å². The Bertz CT molecular complexity index is 702. The Morgan fingerprint density at radius 3 is 2.67 bits per heavy atom. The molecule has 4 rings (SSSR count). The van der Waals surface area contributed by atoms with E-state index >= 15 is 0 Å². The largest absolute Gasteiger partial charge is 0.365 e. The Morgan fingerprint density at radius 1 is 1.24 bits per heavy atom. The average Bonchev–Trinajstić information content (AvgIpc) is 3.07. The molecule has 5 heteroatoms. The van der Waals surface area contributed by atoms with Gasteiger partial charge in [0, 0.05) is 31.6 Å². The number of nitrogens with zero attached hydrogens (tertiary/aromatic N) is 2. The predicted molar refractivity (Wildman–Crippen MR) is 82.3 cm³/mol. The van der Waals surface area contributed by atoms with Crippen LogP contribution >= 0.6 is 0 Å². The van der Waals surface area contributed by atoms with Gasteiger partial charge in [0.05, 0.1) is 11.1 Å². The van der Waals surface area contributed by atoms with Gasteiger partial charge in [0.2, 0.25) is 0 Å². The molecule has 0 saturated carbocycles. The maximum Gasteiger partial charge on any atom is 0.252 e. The number of aromatic nitrogens is 1. The third-order valence-corrected chi connectivity index (χ3v) is 4.66. The molecule has 0 unspecified atom stereocenters. The maximum absolute atomic E-state index is 11.8. The minimum Gasteiger partial charge on any atom is -0.365 e. The first-order chi connectivity index (χ1) is 10.2. The normalized spacial score (nSPS) is 24.5. The van der Waals surface area contributed by atoms with Gasteiger partial charge in [-0.2, -0.15) is 0 Å². The molecule has 0 aliphatic carbocycles. The lowest BCUT2D eigenvalue weighted by atomic mass is 10.0. The van der Waals surface area contributed by atoms with Crippen LogP contribution in [0.2, 0.25) is 0 Å². The van der Waals surface area contributed by atoms with Crippen molar-refractivity contribution in [3.63, 3.8) is 0 Å². The van der Waals surface area contributed by atoms with Gasteiger partial charge in [-0.3, -0.25) is 4.79 Å². The minimum atomic E-state index is -0.404. The smallest absolute Gasteiger partial charge is 0.252 e. The molecule has 21 heavy (non-hydrogen) atoms. The van der Waals surface area contributed by atoms with Crippen LogP contribution in [-0.4, -0.2) is 37.1 Å². The number of carbonyl (C=O) groups is 1. The second-order valence-electron chi connectivity index (χ2n) is 6.00. The van der Waals surface area contributed by atoms with Crippen molar-refractivity contribution in [3.05, 3.63) is 35.9 Å². The van der Waals surface area contributed by atoms with Crippen LogP contribution in [0.3, 0.4) is 0 Å². The predicted octanol–water partition coefficient (Wildman–Crippen LogP) is 0.989. The van der Waals surface area contributed by atoms with Gasteiger partial charge in [-0.1, -0.05) is 18.2 Å². The zero-order valence-electron chi connectivity index (χ0n) is 11.7. The summed E-state index contributed by atoms with van der Waals surface area (Å²) in [6.07, 6.45) is 0. The molecule has 5 nitrogen and oxygen atoms in total. The van der Waals surface area contributed by atoms with Crippen LogP contribution in [0.4, 0.5) is 5.82 Å². The van der Waals surface area contributed by atoms with Crippen molar-refractivity contribution in [2.45, 2.75) is 0 Å². The molecule has 1 aromatic heterocycles. The van der Waals surface area contributed by atoms with Gasteiger partial charge in [0.1, 0.15) is 5.82 Å². The first kappa shape index (κ1) is 12.6. The quantitative estimate of drug-likeness (QED) is 0.861. The molecule has 2 aliphatic rings. The third kappa shape index (κ3) is 2.05. The summed E-state index contributed by atoms with van der Waals surface area (Å²) < 4.78 is 0. The molecule has 0 radical (unpaired) electrons. The highest BCUT2D eigenvalue weighted by Crippen LogP contribution is 2.32. The van der Waals surface area contributed by atoms with Gasteiger partial charge in [-0.15, -0.1) is 0 Å². The summed E-state index contributed by atoms with van der Waals surface area (Å²) in [6.45, 7) is 4.01. The standard InChI is InChI=1S/C16H18N4O/c17-15(21)13-5-10-3-1-2-4-14(10)19-16(13)20-8-11-6-18-7-12(11)9-20/h1-5,11-12,18H,6-9H2,(H2,17,21)/t11-,12+. The van der Waals surface area contributed by atoms with Gasteiger partial charge in [0.25, 0.3) is 5.91 Å². The fraction of sp³-hybridized carbons (Fsp3) is 0.375. The summed E-state index contributed by atoms with van der Waals surface area (Å²) in [4.78, 5) is 18.7. The van der Waals surface area contributed by atoms with Crippen LogP contribution in [-0.2, 0) is 0 Å². The Balaban J connectivity index is 1.79. The van der Waals surface area contributed by atoms with E-state index in [1.807, 2.05) is 30.3 Å². The number of hydrogen-bond acceptors (Lipinski definition) is 4. The van der Waals surface area contributed by atoms with E-state index in [0.717, 1.165) is 42.9 Å². The van der Waals surface area contributed by atoms with E-state index in [1.165, 1.54) is 0 Å². The van der Waals surface area contributed by atoms with Crippen LogP contribution in [0, 0.1) is 11.8 Å². The number of rotatable bonds is 2. The first-order valence-corrected chi connectivity index (χ1v) is 7.37. The van der Waals surface area contributed by atoms with Gasteiger partial charge in [-0.25, -0.2) is 4.98 Å². The minimum absolute atomic E-state index is 0.404. The van der Waals surface area contributed by atoms with Crippen molar-refractivity contribution in [1.29, 1.82) is 0 Å². The Morgan fingerprint density at radius 2 is 1.95 bits per heavy atom. The van der Waals surface area contributed by atoms with Crippen molar-refractivity contribution >= 4 is 22.6 Å². The summed E-state index contributed by atoms with van der Waals surface area (Å²) in [6, 6.07) is 9.71. The molecule has 3 heterocycles. The average molecular weight is 282 g/mol. The Labute approximate surface area is 123 Å². The molecule has 1 aromatic carbocycles. The lowest BCUT2D eigenvalue weighted by molar-refractivity contribution is 0.100. The molecule has 2 aliphatic heterocycles. The highest BCUT2D eigenvalue weighted by atomic mass is 16.1. The van der Waals surface area contributed by atoms with Crippen molar-refractivity contribution < 1.29 is 4.79 Å². The van der Waals surface area contributed by atoms with Crippen LogP contribution in [0.5, 0.6) is 0 Å². The van der Waals surface area contributed by atoms with E-state index in [4.69, 9.17) is 10.7 Å². The van der Waals surface area contributed by atoms with Crippen LogP contribution in [0.15, 0.2) is 30.3 Å². The number of anilines is 1. The van der Waals surface area contributed by atoms with E-state index in [2.05, 4.69) is 10.2 Å². The number of amides is 1. The number of benzene rings is 1. The van der Waals surface area contributed by atoms with E-state index in [9.17, 15) is 4.79 Å². The topological polar surface area (TPSA) is 71.2 Å². The zero-order chi connectivity index (χ0) is 14.4. The van der Waals surface area contributed by atoms with Crippen molar-refractivity contribution in [2.75, 3.05) is 31.1 Å². The van der Waals surface area contributed by atoms with E-state index in [-0.39, 0.29) is 0 Å². The lowest BCUT2D eigenvalue weighted by Gasteiger charge is -2.21. The number of para-hydroxylation sites is 1. The van der Waals surface area contributed by atoms with Crippen molar-refractivity contribution in [1.82, 2.24) is 10.3 Å². The SMILES string of the molecule is NC(=O)c1cc2ccccc2nc1N1C[C@H]2CNC[C@H]2C1. The second kappa shape index (κ2) is 4.70. The highest BCUT2D eigenvalue weighted by molar-refractivity contribution is 6.01. The highest BCUT2D eigenvalue weighted by Gasteiger charge is 2.37. The molecule has 2 fully saturated rings. The van der Waals surface area contributed by atoms with Crippen LogP contribution in [0.25, 0.3) is 10.9 Å². The number of nitrogens with two attached hydrogens (primary N) is 1. The number of primary amides is 1. The van der Waals surface area contributed by atoms with E-state index in [1.54, 1.807) is 0 Å². The summed E-state index contributed by atoms with van der Waals surface area (Å²) in [7, 11) is 0. The second-order valence-corrected chi connectivity index (χ2v) is 6.00. The molecule has 2 atom stereocenters. The molecular formula is C16H18N4O. The summed E-state index contributed by atoms with van der Waals surface area (Å²) in [5.41, 5.74) is 7.01. The lowest BCUT2D eigenvalue weighted by Crippen LogP contribution is -2.29. The van der Waals surface area contributed by atoms with Crippen LogP contribution in [0.1, 0.15) is 10.4 Å². The van der Waals surface area contributed by atoms with Gasteiger partial charge >= 0.3 is 0 Å². The number of pyridine rings is 1. The van der Waals surface area contributed by atoms with Gasteiger partial charge < -0.3 is 16.0 Å². The zero-order valence-corrected chi connectivity index (χ0v) is 11.7.